The summed E-state index contributed by atoms with van der Waals surface area (Å²) in [6.07, 6.45) is 3.54. The molecule has 2 rings (SSSR count). The number of benzene rings is 1. The summed E-state index contributed by atoms with van der Waals surface area (Å²) in [5.41, 5.74) is 8.77. The lowest BCUT2D eigenvalue weighted by atomic mass is 9.72. The van der Waals surface area contributed by atoms with Gasteiger partial charge in [0.15, 0.2) is 0 Å². The number of carbonyl (C=O) groups excluding carboxylic acids is 1. The fourth-order valence-corrected chi connectivity index (χ4v) is 2.43. The highest BCUT2D eigenvalue weighted by Gasteiger charge is 2.27. The first-order valence-corrected chi connectivity index (χ1v) is 5.44. The molecule has 1 aromatic rings. The summed E-state index contributed by atoms with van der Waals surface area (Å²) < 4.78 is 0. The summed E-state index contributed by atoms with van der Waals surface area (Å²) >= 11 is 0. The molecule has 0 saturated carbocycles. The number of rotatable bonds is 1. The van der Waals surface area contributed by atoms with Crippen LogP contribution in [0.3, 0.4) is 0 Å². The third-order valence-electron chi connectivity index (χ3n) is 3.37. The maximum absolute atomic E-state index is 11.1. The van der Waals surface area contributed by atoms with Crippen LogP contribution in [0.2, 0.25) is 0 Å². The van der Waals surface area contributed by atoms with Gasteiger partial charge in [-0.15, -0.1) is 0 Å². The number of amides is 1. The molecule has 2 N–H and O–H groups in total. The van der Waals surface area contributed by atoms with Gasteiger partial charge in [-0.2, -0.15) is 0 Å². The van der Waals surface area contributed by atoms with Gasteiger partial charge in [0.25, 0.3) is 0 Å². The summed E-state index contributed by atoms with van der Waals surface area (Å²) in [6.45, 7) is 4.46. The van der Waals surface area contributed by atoms with Crippen molar-refractivity contribution < 1.29 is 4.79 Å². The predicted octanol–water partition coefficient (Wildman–Crippen LogP) is 2.40. The molecule has 1 amide bonds. The molecule has 0 heterocycles. The highest BCUT2D eigenvalue weighted by atomic mass is 16.1. The Kier molecular flexibility index (Phi) is 2.29. The van der Waals surface area contributed by atoms with Crippen molar-refractivity contribution in [3.63, 3.8) is 0 Å². The summed E-state index contributed by atoms with van der Waals surface area (Å²) in [4.78, 5) is 11.1. The van der Waals surface area contributed by atoms with Crippen molar-refractivity contribution in [3.8, 4) is 0 Å². The standard InChI is InChI=1S/C13H17NO/c1-13(2)7-3-4-9-5-6-10(12(14)15)8-11(9)13/h5-6,8H,3-4,7H2,1-2H3,(H2,14,15). The Morgan fingerprint density at radius 2 is 2.13 bits per heavy atom. The molecule has 1 aliphatic rings. The molecule has 0 spiro atoms. The number of hydrogen-bond donors (Lipinski definition) is 1. The molecule has 1 aliphatic carbocycles. The summed E-state index contributed by atoms with van der Waals surface area (Å²) in [6, 6.07) is 5.86. The Balaban J connectivity index is 2.53. The zero-order valence-corrected chi connectivity index (χ0v) is 9.34. The van der Waals surface area contributed by atoms with E-state index in [2.05, 4.69) is 19.9 Å². The molecular formula is C13H17NO. The van der Waals surface area contributed by atoms with Crippen molar-refractivity contribution in [1.82, 2.24) is 0 Å². The van der Waals surface area contributed by atoms with Gasteiger partial charge in [-0.05, 0) is 47.9 Å². The van der Waals surface area contributed by atoms with Crippen LogP contribution in [-0.2, 0) is 11.8 Å². The fourth-order valence-electron chi connectivity index (χ4n) is 2.43. The van der Waals surface area contributed by atoms with E-state index in [0.29, 0.717) is 5.56 Å². The van der Waals surface area contributed by atoms with Crippen LogP contribution in [0.25, 0.3) is 0 Å². The molecule has 2 nitrogen and oxygen atoms in total. The zero-order chi connectivity index (χ0) is 11.1. The van der Waals surface area contributed by atoms with E-state index in [-0.39, 0.29) is 11.3 Å². The molecule has 1 aromatic carbocycles. The van der Waals surface area contributed by atoms with Gasteiger partial charge in [0.1, 0.15) is 0 Å². The maximum atomic E-state index is 11.1. The average Bonchev–Trinajstić information content (AvgIpc) is 2.17. The Labute approximate surface area is 90.5 Å². The molecule has 0 aromatic heterocycles. The minimum absolute atomic E-state index is 0.180. The normalized spacial score (nSPS) is 18.3. The van der Waals surface area contributed by atoms with E-state index in [9.17, 15) is 4.79 Å². The van der Waals surface area contributed by atoms with Crippen LogP contribution < -0.4 is 5.73 Å². The van der Waals surface area contributed by atoms with Gasteiger partial charge in [-0.1, -0.05) is 19.9 Å². The first-order chi connectivity index (χ1) is 7.00. The van der Waals surface area contributed by atoms with Crippen molar-refractivity contribution in [2.45, 2.75) is 38.5 Å². The van der Waals surface area contributed by atoms with Gasteiger partial charge in [0.05, 0.1) is 0 Å². The molecular weight excluding hydrogens is 186 g/mol. The number of primary amides is 1. The van der Waals surface area contributed by atoms with Gasteiger partial charge in [-0.3, -0.25) is 4.79 Å². The van der Waals surface area contributed by atoms with E-state index < -0.39 is 0 Å². The Morgan fingerprint density at radius 1 is 1.40 bits per heavy atom. The maximum Gasteiger partial charge on any atom is 0.248 e. The van der Waals surface area contributed by atoms with Crippen molar-refractivity contribution in [3.05, 3.63) is 34.9 Å². The van der Waals surface area contributed by atoms with Crippen molar-refractivity contribution in [2.24, 2.45) is 5.73 Å². The number of carbonyl (C=O) groups is 1. The monoisotopic (exact) mass is 203 g/mol. The predicted molar refractivity (Wildman–Crippen MR) is 60.9 cm³/mol. The largest absolute Gasteiger partial charge is 0.366 e. The molecule has 0 unspecified atom stereocenters. The number of hydrogen-bond acceptors (Lipinski definition) is 1. The molecule has 0 fully saturated rings. The van der Waals surface area contributed by atoms with Gasteiger partial charge in [0.2, 0.25) is 5.91 Å². The third-order valence-corrected chi connectivity index (χ3v) is 3.37. The molecule has 15 heavy (non-hydrogen) atoms. The van der Waals surface area contributed by atoms with Crippen LogP contribution in [0.15, 0.2) is 18.2 Å². The Bertz CT molecular complexity index is 407. The smallest absolute Gasteiger partial charge is 0.248 e. The lowest BCUT2D eigenvalue weighted by Crippen LogP contribution is -2.25. The van der Waals surface area contributed by atoms with E-state index in [0.717, 1.165) is 6.42 Å². The Hall–Kier alpha value is -1.31. The minimum atomic E-state index is -0.334. The fraction of sp³-hybridized carbons (Fsp3) is 0.462. The number of fused-ring (bicyclic) bond motifs is 1. The van der Waals surface area contributed by atoms with Crippen LogP contribution >= 0.6 is 0 Å². The van der Waals surface area contributed by atoms with Crippen molar-refractivity contribution in [1.29, 1.82) is 0 Å². The van der Waals surface area contributed by atoms with Gasteiger partial charge < -0.3 is 5.73 Å². The van der Waals surface area contributed by atoms with Gasteiger partial charge >= 0.3 is 0 Å². The van der Waals surface area contributed by atoms with E-state index in [1.165, 1.54) is 24.0 Å². The summed E-state index contributed by atoms with van der Waals surface area (Å²) in [5, 5.41) is 0. The number of nitrogens with two attached hydrogens (primary N) is 1. The first kappa shape index (κ1) is 10.2. The van der Waals surface area contributed by atoms with Crippen LogP contribution in [0, 0.1) is 0 Å². The molecule has 0 aliphatic heterocycles. The molecule has 0 saturated heterocycles. The quantitative estimate of drug-likeness (QED) is 0.748. The molecule has 2 heteroatoms. The van der Waals surface area contributed by atoms with E-state index >= 15 is 0 Å². The van der Waals surface area contributed by atoms with Crippen molar-refractivity contribution in [2.75, 3.05) is 0 Å². The second-order valence-corrected chi connectivity index (χ2v) is 4.97. The summed E-state index contributed by atoms with van der Waals surface area (Å²) in [5.74, 6) is -0.334. The van der Waals surface area contributed by atoms with Crippen LogP contribution in [0.4, 0.5) is 0 Å². The highest BCUT2D eigenvalue weighted by molar-refractivity contribution is 5.93. The topological polar surface area (TPSA) is 43.1 Å². The van der Waals surface area contributed by atoms with E-state index in [1.807, 2.05) is 12.1 Å². The zero-order valence-electron chi connectivity index (χ0n) is 9.34. The first-order valence-electron chi connectivity index (χ1n) is 5.44. The average molecular weight is 203 g/mol. The SMILES string of the molecule is CC1(C)CCCc2ccc(C(N)=O)cc21. The van der Waals surface area contributed by atoms with Crippen LogP contribution in [0.1, 0.15) is 48.2 Å². The Morgan fingerprint density at radius 3 is 2.80 bits per heavy atom. The minimum Gasteiger partial charge on any atom is -0.366 e. The second-order valence-electron chi connectivity index (χ2n) is 4.97. The van der Waals surface area contributed by atoms with Gasteiger partial charge in [-0.25, -0.2) is 0 Å². The third kappa shape index (κ3) is 1.76. The van der Waals surface area contributed by atoms with Crippen LogP contribution in [0.5, 0.6) is 0 Å². The second kappa shape index (κ2) is 3.37. The molecule has 0 bridgehead atoms. The summed E-state index contributed by atoms with van der Waals surface area (Å²) in [7, 11) is 0. The van der Waals surface area contributed by atoms with E-state index in [4.69, 9.17) is 5.73 Å². The van der Waals surface area contributed by atoms with Gasteiger partial charge in [0, 0.05) is 5.56 Å². The number of aryl methyl sites for hydroxylation is 1. The lowest BCUT2D eigenvalue weighted by molar-refractivity contribution is 0.1000. The van der Waals surface area contributed by atoms with Crippen molar-refractivity contribution >= 4 is 5.91 Å². The van der Waals surface area contributed by atoms with E-state index in [1.54, 1.807) is 0 Å². The molecule has 0 atom stereocenters. The lowest BCUT2D eigenvalue weighted by Gasteiger charge is -2.32. The van der Waals surface area contributed by atoms with Crippen LogP contribution in [-0.4, -0.2) is 5.91 Å². The highest BCUT2D eigenvalue weighted by Crippen LogP contribution is 2.36. The molecule has 0 radical (unpaired) electrons. The molecule has 80 valence electrons.